The minimum atomic E-state index is 0.383. The van der Waals surface area contributed by atoms with E-state index in [9.17, 15) is 0 Å². The second-order valence-electron chi connectivity index (χ2n) is 4.58. The molecule has 2 aromatic rings. The molecule has 0 saturated heterocycles. The minimum absolute atomic E-state index is 0.383. The molecular formula is C16H20ClNO2. The highest BCUT2D eigenvalue weighted by molar-refractivity contribution is 6.17. The molecule has 3 nitrogen and oxygen atoms in total. The van der Waals surface area contributed by atoms with Gasteiger partial charge in [0.05, 0.1) is 23.7 Å². The summed E-state index contributed by atoms with van der Waals surface area (Å²) in [4.78, 5) is 4.48. The standard InChI is InChI=1S/C16H20ClNO2/c1-2-3-8-19-9-10-20-16-11-13(12-17)18-15-7-5-4-6-14(15)16/h4-7,11H,2-3,8-10,12H2,1H3. The number of pyridine rings is 1. The largest absolute Gasteiger partial charge is 0.490 e. The fraction of sp³-hybridized carbons (Fsp3) is 0.438. The van der Waals surface area contributed by atoms with E-state index in [0.29, 0.717) is 19.1 Å². The number of unbranched alkanes of at least 4 members (excludes halogenated alkanes) is 1. The van der Waals surface area contributed by atoms with Crippen molar-refractivity contribution in [3.8, 4) is 5.75 Å². The number of para-hydroxylation sites is 1. The topological polar surface area (TPSA) is 31.4 Å². The smallest absolute Gasteiger partial charge is 0.130 e. The van der Waals surface area contributed by atoms with Gasteiger partial charge in [-0.1, -0.05) is 25.5 Å². The van der Waals surface area contributed by atoms with Crippen LogP contribution in [0.1, 0.15) is 25.5 Å². The lowest BCUT2D eigenvalue weighted by Crippen LogP contribution is -2.08. The van der Waals surface area contributed by atoms with Crippen LogP contribution in [0.4, 0.5) is 0 Å². The third-order valence-electron chi connectivity index (χ3n) is 3.00. The predicted octanol–water partition coefficient (Wildman–Crippen LogP) is 4.17. The summed E-state index contributed by atoms with van der Waals surface area (Å²) in [6, 6.07) is 9.82. The van der Waals surface area contributed by atoms with Crippen LogP contribution in [-0.4, -0.2) is 24.8 Å². The van der Waals surface area contributed by atoms with Crippen LogP contribution in [0.5, 0.6) is 5.75 Å². The molecule has 0 spiro atoms. The monoisotopic (exact) mass is 293 g/mol. The van der Waals surface area contributed by atoms with Gasteiger partial charge in [0, 0.05) is 18.1 Å². The average molecular weight is 294 g/mol. The predicted molar refractivity (Wildman–Crippen MR) is 82.5 cm³/mol. The normalized spacial score (nSPS) is 10.9. The maximum atomic E-state index is 5.88. The van der Waals surface area contributed by atoms with E-state index in [1.165, 1.54) is 0 Å². The van der Waals surface area contributed by atoms with Gasteiger partial charge in [0.15, 0.2) is 0 Å². The van der Waals surface area contributed by atoms with Crippen molar-refractivity contribution >= 4 is 22.5 Å². The summed E-state index contributed by atoms with van der Waals surface area (Å²) < 4.78 is 11.3. The van der Waals surface area contributed by atoms with Crippen molar-refractivity contribution < 1.29 is 9.47 Å². The van der Waals surface area contributed by atoms with Gasteiger partial charge in [0.1, 0.15) is 12.4 Å². The van der Waals surface area contributed by atoms with Crippen molar-refractivity contribution in [2.24, 2.45) is 0 Å². The molecule has 108 valence electrons. The van der Waals surface area contributed by atoms with Crippen molar-refractivity contribution in [3.63, 3.8) is 0 Å². The number of benzene rings is 1. The number of alkyl halides is 1. The maximum absolute atomic E-state index is 5.88. The Morgan fingerprint density at radius 1 is 1.15 bits per heavy atom. The fourth-order valence-electron chi connectivity index (χ4n) is 1.94. The third-order valence-corrected chi connectivity index (χ3v) is 3.27. The lowest BCUT2D eigenvalue weighted by molar-refractivity contribution is 0.0985. The molecule has 0 aliphatic rings. The SMILES string of the molecule is CCCCOCCOc1cc(CCl)nc2ccccc12. The highest BCUT2D eigenvalue weighted by atomic mass is 35.5. The van der Waals surface area contributed by atoms with Gasteiger partial charge in [-0.05, 0) is 18.6 Å². The molecule has 0 aliphatic heterocycles. The molecule has 20 heavy (non-hydrogen) atoms. The Morgan fingerprint density at radius 3 is 2.80 bits per heavy atom. The molecule has 0 fully saturated rings. The Kier molecular flexibility index (Phi) is 6.09. The molecule has 2 rings (SSSR count). The zero-order valence-corrected chi connectivity index (χ0v) is 12.5. The first-order chi connectivity index (χ1) is 9.85. The zero-order chi connectivity index (χ0) is 14.2. The summed E-state index contributed by atoms with van der Waals surface area (Å²) in [6.45, 7) is 4.09. The van der Waals surface area contributed by atoms with Crippen LogP contribution in [0.3, 0.4) is 0 Å². The van der Waals surface area contributed by atoms with E-state index >= 15 is 0 Å². The Bertz CT molecular complexity index is 545. The van der Waals surface area contributed by atoms with E-state index in [4.69, 9.17) is 21.1 Å². The summed E-state index contributed by atoms with van der Waals surface area (Å²) >= 11 is 5.88. The summed E-state index contributed by atoms with van der Waals surface area (Å²) in [5.41, 5.74) is 1.74. The first kappa shape index (κ1) is 15.1. The molecule has 0 radical (unpaired) electrons. The van der Waals surface area contributed by atoms with Crippen molar-refractivity contribution in [2.45, 2.75) is 25.6 Å². The average Bonchev–Trinajstić information content (AvgIpc) is 2.50. The minimum Gasteiger partial charge on any atom is -0.490 e. The van der Waals surface area contributed by atoms with Crippen LogP contribution in [0, 0.1) is 0 Å². The van der Waals surface area contributed by atoms with Gasteiger partial charge in [0.2, 0.25) is 0 Å². The molecule has 0 unspecified atom stereocenters. The van der Waals surface area contributed by atoms with Gasteiger partial charge in [0.25, 0.3) is 0 Å². The van der Waals surface area contributed by atoms with E-state index in [-0.39, 0.29) is 0 Å². The summed E-state index contributed by atoms with van der Waals surface area (Å²) in [5.74, 6) is 1.21. The molecule has 1 aromatic heterocycles. The molecule has 0 N–H and O–H groups in total. The van der Waals surface area contributed by atoms with Crippen molar-refractivity contribution in [1.82, 2.24) is 4.98 Å². The summed E-state index contributed by atoms with van der Waals surface area (Å²) in [5, 5.41) is 1.01. The van der Waals surface area contributed by atoms with E-state index in [0.717, 1.165) is 41.8 Å². The molecule has 1 heterocycles. The Labute approximate surface area is 124 Å². The number of hydrogen-bond donors (Lipinski definition) is 0. The zero-order valence-electron chi connectivity index (χ0n) is 11.8. The Balaban J connectivity index is 2.01. The second-order valence-corrected chi connectivity index (χ2v) is 4.84. The summed E-state index contributed by atoms with van der Waals surface area (Å²) in [7, 11) is 0. The van der Waals surface area contributed by atoms with E-state index < -0.39 is 0 Å². The lowest BCUT2D eigenvalue weighted by Gasteiger charge is -2.11. The van der Waals surface area contributed by atoms with Gasteiger partial charge in [-0.15, -0.1) is 11.6 Å². The third kappa shape index (κ3) is 4.09. The van der Waals surface area contributed by atoms with Gasteiger partial charge in [-0.25, -0.2) is 0 Å². The molecule has 0 saturated carbocycles. The molecule has 0 atom stereocenters. The Morgan fingerprint density at radius 2 is 2.00 bits per heavy atom. The highest BCUT2D eigenvalue weighted by Gasteiger charge is 2.06. The highest BCUT2D eigenvalue weighted by Crippen LogP contribution is 2.25. The van der Waals surface area contributed by atoms with Crippen LogP contribution in [0.25, 0.3) is 10.9 Å². The number of aromatic nitrogens is 1. The number of fused-ring (bicyclic) bond motifs is 1. The first-order valence-corrected chi connectivity index (χ1v) is 7.53. The quantitative estimate of drug-likeness (QED) is 0.541. The van der Waals surface area contributed by atoms with Crippen LogP contribution in [0.2, 0.25) is 0 Å². The molecule has 0 amide bonds. The molecule has 0 aliphatic carbocycles. The van der Waals surface area contributed by atoms with Crippen molar-refractivity contribution in [2.75, 3.05) is 19.8 Å². The number of halogens is 1. The number of ether oxygens (including phenoxy) is 2. The number of hydrogen-bond acceptors (Lipinski definition) is 3. The van der Waals surface area contributed by atoms with Gasteiger partial charge >= 0.3 is 0 Å². The summed E-state index contributed by atoms with van der Waals surface area (Å²) in [6.07, 6.45) is 2.24. The van der Waals surface area contributed by atoms with Crippen LogP contribution in [0.15, 0.2) is 30.3 Å². The lowest BCUT2D eigenvalue weighted by atomic mass is 10.2. The maximum Gasteiger partial charge on any atom is 0.130 e. The van der Waals surface area contributed by atoms with Gasteiger partial charge in [-0.2, -0.15) is 0 Å². The van der Waals surface area contributed by atoms with Gasteiger partial charge in [-0.3, -0.25) is 4.98 Å². The molecule has 1 aromatic carbocycles. The second kappa shape index (κ2) is 8.08. The fourth-order valence-corrected chi connectivity index (χ4v) is 2.08. The Hall–Kier alpha value is -1.32. The molecule has 0 bridgehead atoms. The van der Waals surface area contributed by atoms with Crippen molar-refractivity contribution in [1.29, 1.82) is 0 Å². The number of rotatable bonds is 8. The molecule has 4 heteroatoms. The van der Waals surface area contributed by atoms with Crippen LogP contribution in [-0.2, 0) is 10.6 Å². The first-order valence-electron chi connectivity index (χ1n) is 7.00. The van der Waals surface area contributed by atoms with Crippen LogP contribution >= 0.6 is 11.6 Å². The molecular weight excluding hydrogens is 274 g/mol. The van der Waals surface area contributed by atoms with E-state index in [1.54, 1.807) is 0 Å². The van der Waals surface area contributed by atoms with Crippen LogP contribution < -0.4 is 4.74 Å². The van der Waals surface area contributed by atoms with Crippen molar-refractivity contribution in [3.05, 3.63) is 36.0 Å². The van der Waals surface area contributed by atoms with E-state index in [1.807, 2.05) is 30.3 Å². The number of nitrogens with zero attached hydrogens (tertiary/aromatic N) is 1. The van der Waals surface area contributed by atoms with Gasteiger partial charge < -0.3 is 9.47 Å². The van der Waals surface area contributed by atoms with E-state index in [2.05, 4.69) is 11.9 Å².